The Kier molecular flexibility index (Phi) is 4.18. The van der Waals surface area contributed by atoms with Crippen molar-refractivity contribution in [1.82, 2.24) is 0 Å². The van der Waals surface area contributed by atoms with E-state index in [1.54, 1.807) is 13.2 Å². The molecule has 1 fully saturated rings. The van der Waals surface area contributed by atoms with Crippen LogP contribution in [0.25, 0.3) is 6.08 Å². The number of ether oxygens (including phenoxy) is 1. The van der Waals surface area contributed by atoms with E-state index >= 15 is 0 Å². The second-order valence-electron chi connectivity index (χ2n) is 6.19. The van der Waals surface area contributed by atoms with Crippen LogP contribution in [0.3, 0.4) is 0 Å². The summed E-state index contributed by atoms with van der Waals surface area (Å²) in [5.74, 6) is 1.46. The molecular weight excluding hydrogens is 236 g/mol. The zero-order valence-electron chi connectivity index (χ0n) is 12.1. The summed E-state index contributed by atoms with van der Waals surface area (Å²) in [4.78, 5) is 0. The Labute approximate surface area is 116 Å². The van der Waals surface area contributed by atoms with Gasteiger partial charge in [0.25, 0.3) is 0 Å². The minimum Gasteiger partial charge on any atom is -0.504 e. The average molecular weight is 260 g/mol. The van der Waals surface area contributed by atoms with Gasteiger partial charge in [-0.15, -0.1) is 0 Å². The Morgan fingerprint density at radius 3 is 2.79 bits per heavy atom. The lowest BCUT2D eigenvalue weighted by Crippen LogP contribution is -2.01. The molecule has 104 valence electrons. The van der Waals surface area contributed by atoms with E-state index in [1.165, 1.54) is 19.3 Å². The van der Waals surface area contributed by atoms with Crippen molar-refractivity contribution in [2.45, 2.75) is 39.5 Å². The molecule has 1 saturated carbocycles. The van der Waals surface area contributed by atoms with E-state index in [0.717, 1.165) is 17.9 Å². The fraction of sp³-hybridized carbons (Fsp3) is 0.529. The van der Waals surface area contributed by atoms with Gasteiger partial charge in [-0.2, -0.15) is 0 Å². The molecule has 1 atom stereocenters. The normalized spacial score (nSPS) is 18.5. The molecule has 0 spiro atoms. The summed E-state index contributed by atoms with van der Waals surface area (Å²) in [6.45, 7) is 4.71. The number of allylic oxidation sites excluding steroid dienone is 1. The molecule has 1 aromatic rings. The van der Waals surface area contributed by atoms with Gasteiger partial charge >= 0.3 is 0 Å². The number of rotatable bonds is 6. The summed E-state index contributed by atoms with van der Waals surface area (Å²) >= 11 is 0. The molecule has 2 nitrogen and oxygen atoms in total. The lowest BCUT2D eigenvalue weighted by molar-refractivity contribution is 0.373. The van der Waals surface area contributed by atoms with Crippen LogP contribution in [0, 0.1) is 11.3 Å². The van der Waals surface area contributed by atoms with Crippen molar-refractivity contribution in [3.8, 4) is 11.5 Å². The molecule has 0 aromatic heterocycles. The van der Waals surface area contributed by atoms with Gasteiger partial charge in [-0.05, 0) is 54.7 Å². The summed E-state index contributed by atoms with van der Waals surface area (Å²) in [6, 6.07) is 5.44. The molecule has 0 heterocycles. The summed E-state index contributed by atoms with van der Waals surface area (Å²) in [6.07, 6.45) is 9.57. The van der Waals surface area contributed by atoms with Crippen LogP contribution >= 0.6 is 0 Å². The van der Waals surface area contributed by atoms with Gasteiger partial charge in [-0.1, -0.05) is 32.1 Å². The van der Waals surface area contributed by atoms with Gasteiger partial charge in [-0.3, -0.25) is 0 Å². The highest BCUT2D eigenvalue weighted by atomic mass is 16.5. The molecular formula is C17H24O2. The van der Waals surface area contributed by atoms with E-state index in [4.69, 9.17) is 4.74 Å². The summed E-state index contributed by atoms with van der Waals surface area (Å²) < 4.78 is 5.10. The SMILES string of the molecule is COc1cc(C=CCC(C)CC2(C)CC2)ccc1O. The molecule has 1 aliphatic rings. The first kappa shape index (κ1) is 14.0. The van der Waals surface area contributed by atoms with E-state index in [-0.39, 0.29) is 5.75 Å². The smallest absolute Gasteiger partial charge is 0.161 e. The van der Waals surface area contributed by atoms with Gasteiger partial charge in [0.1, 0.15) is 0 Å². The van der Waals surface area contributed by atoms with E-state index in [2.05, 4.69) is 26.0 Å². The summed E-state index contributed by atoms with van der Waals surface area (Å²) in [5, 5.41) is 9.53. The number of methoxy groups -OCH3 is 1. The van der Waals surface area contributed by atoms with E-state index < -0.39 is 0 Å². The van der Waals surface area contributed by atoms with Crippen molar-refractivity contribution < 1.29 is 9.84 Å². The fourth-order valence-corrected chi connectivity index (χ4v) is 2.58. The maximum Gasteiger partial charge on any atom is 0.161 e. The third-order valence-electron chi connectivity index (χ3n) is 4.00. The minimum atomic E-state index is 0.190. The van der Waals surface area contributed by atoms with Crippen LogP contribution in [0.15, 0.2) is 24.3 Å². The number of benzene rings is 1. The number of hydrogen-bond acceptors (Lipinski definition) is 2. The third-order valence-corrected chi connectivity index (χ3v) is 4.00. The van der Waals surface area contributed by atoms with Crippen LogP contribution in [0.1, 0.15) is 45.1 Å². The average Bonchev–Trinajstić information content (AvgIpc) is 3.08. The van der Waals surface area contributed by atoms with Crippen LogP contribution in [0.4, 0.5) is 0 Å². The summed E-state index contributed by atoms with van der Waals surface area (Å²) in [7, 11) is 1.57. The molecule has 1 N–H and O–H groups in total. The lowest BCUT2D eigenvalue weighted by Gasteiger charge is -2.13. The zero-order valence-corrected chi connectivity index (χ0v) is 12.1. The Hall–Kier alpha value is -1.44. The fourth-order valence-electron chi connectivity index (χ4n) is 2.58. The third kappa shape index (κ3) is 4.02. The maximum atomic E-state index is 9.53. The van der Waals surface area contributed by atoms with E-state index in [1.807, 2.05) is 12.1 Å². The molecule has 19 heavy (non-hydrogen) atoms. The van der Waals surface area contributed by atoms with Crippen LogP contribution in [0.2, 0.25) is 0 Å². The number of phenols is 1. The summed E-state index contributed by atoms with van der Waals surface area (Å²) in [5.41, 5.74) is 1.70. The van der Waals surface area contributed by atoms with Crippen LogP contribution < -0.4 is 4.74 Å². The van der Waals surface area contributed by atoms with Crippen LogP contribution in [-0.2, 0) is 0 Å². The minimum absolute atomic E-state index is 0.190. The van der Waals surface area contributed by atoms with Crippen LogP contribution in [0.5, 0.6) is 11.5 Å². The second kappa shape index (κ2) is 5.68. The van der Waals surface area contributed by atoms with Crippen molar-refractivity contribution in [3.05, 3.63) is 29.8 Å². The van der Waals surface area contributed by atoms with Gasteiger partial charge in [0.2, 0.25) is 0 Å². The van der Waals surface area contributed by atoms with E-state index in [0.29, 0.717) is 11.2 Å². The predicted octanol–water partition coefficient (Wildman–Crippen LogP) is 4.63. The largest absolute Gasteiger partial charge is 0.504 e. The second-order valence-corrected chi connectivity index (χ2v) is 6.19. The molecule has 0 amide bonds. The number of phenolic OH excluding ortho intramolecular Hbond substituents is 1. The highest BCUT2D eigenvalue weighted by Crippen LogP contribution is 2.50. The first-order chi connectivity index (χ1) is 9.02. The van der Waals surface area contributed by atoms with Crippen molar-refractivity contribution in [2.75, 3.05) is 7.11 Å². The standard InChI is InChI=1S/C17H24O2/c1-13(12-17(2)9-10-17)5-4-6-14-7-8-15(18)16(11-14)19-3/h4,6-8,11,13,18H,5,9-10,12H2,1-3H3. The molecule has 1 aliphatic carbocycles. The molecule has 0 aliphatic heterocycles. The van der Waals surface area contributed by atoms with Gasteiger partial charge in [0.05, 0.1) is 7.11 Å². The number of aromatic hydroxyl groups is 1. The lowest BCUT2D eigenvalue weighted by atomic mass is 9.92. The predicted molar refractivity (Wildman–Crippen MR) is 79.4 cm³/mol. The van der Waals surface area contributed by atoms with Gasteiger partial charge < -0.3 is 9.84 Å². The first-order valence-electron chi connectivity index (χ1n) is 7.06. The molecule has 0 bridgehead atoms. The van der Waals surface area contributed by atoms with Crippen LogP contribution in [-0.4, -0.2) is 12.2 Å². The van der Waals surface area contributed by atoms with Crippen molar-refractivity contribution in [3.63, 3.8) is 0 Å². The van der Waals surface area contributed by atoms with Gasteiger partial charge in [0.15, 0.2) is 11.5 Å². The highest BCUT2D eigenvalue weighted by molar-refractivity contribution is 5.55. The zero-order chi connectivity index (χ0) is 13.9. The van der Waals surface area contributed by atoms with Gasteiger partial charge in [-0.25, -0.2) is 0 Å². The topological polar surface area (TPSA) is 29.5 Å². The van der Waals surface area contributed by atoms with Crippen molar-refractivity contribution >= 4 is 6.08 Å². The van der Waals surface area contributed by atoms with Crippen molar-refractivity contribution in [1.29, 1.82) is 0 Å². The molecule has 2 rings (SSSR count). The Balaban J connectivity index is 1.87. The van der Waals surface area contributed by atoms with E-state index in [9.17, 15) is 5.11 Å². The Morgan fingerprint density at radius 1 is 1.42 bits per heavy atom. The maximum absolute atomic E-state index is 9.53. The molecule has 1 unspecified atom stereocenters. The van der Waals surface area contributed by atoms with Crippen molar-refractivity contribution in [2.24, 2.45) is 11.3 Å². The van der Waals surface area contributed by atoms with Gasteiger partial charge in [0, 0.05) is 0 Å². The Morgan fingerprint density at radius 2 is 2.16 bits per heavy atom. The molecule has 0 radical (unpaired) electrons. The monoisotopic (exact) mass is 260 g/mol. The molecule has 1 aromatic carbocycles. The Bertz CT molecular complexity index is 458. The number of hydrogen-bond donors (Lipinski definition) is 1. The quantitative estimate of drug-likeness (QED) is 0.808. The highest BCUT2D eigenvalue weighted by Gasteiger charge is 2.37. The molecule has 2 heteroatoms. The first-order valence-corrected chi connectivity index (χ1v) is 7.06. The molecule has 0 saturated heterocycles.